The highest BCUT2D eigenvalue weighted by Crippen LogP contribution is 2.45. The van der Waals surface area contributed by atoms with Gasteiger partial charge in [-0.2, -0.15) is 25.3 Å². The molecule has 0 aliphatic carbocycles. The molecule has 0 spiro atoms. The van der Waals surface area contributed by atoms with Crippen molar-refractivity contribution >= 4 is 103 Å². The molecule has 3 aromatic rings. The average molecular weight is 911 g/mol. The summed E-state index contributed by atoms with van der Waals surface area (Å²) in [7, 11) is -24.5. The smallest absolute Gasteiger partial charge is 0.397 e. The van der Waals surface area contributed by atoms with Gasteiger partial charge in [-0.1, -0.05) is 5.04 Å². The van der Waals surface area contributed by atoms with Crippen LogP contribution in [0.4, 0.5) is 34.1 Å². The first-order valence-corrected chi connectivity index (χ1v) is 22.3. The van der Waals surface area contributed by atoms with Crippen molar-refractivity contribution < 1.29 is 88.6 Å². The van der Waals surface area contributed by atoms with E-state index in [2.05, 4.69) is 38.2 Å². The highest BCUT2D eigenvalue weighted by atomic mass is 32.3. The molecule has 0 saturated heterocycles. The highest BCUT2D eigenvalue weighted by Gasteiger charge is 2.28. The van der Waals surface area contributed by atoms with Gasteiger partial charge < -0.3 is 16.6 Å². The number of benzene rings is 3. The van der Waals surface area contributed by atoms with Gasteiger partial charge in [-0.05, 0) is 48.9 Å². The van der Waals surface area contributed by atoms with E-state index in [9.17, 15) is 61.1 Å². The number of nitrogens with two attached hydrogens (primary N) is 2. The molecule has 0 radical (unpaired) electrons. The Labute approximate surface area is 320 Å². The third kappa shape index (κ3) is 11.9. The minimum absolute atomic E-state index is 0.0673. The molecule has 0 bridgehead atoms. The van der Waals surface area contributed by atoms with E-state index in [4.69, 9.17) is 21.3 Å². The third-order valence-electron chi connectivity index (χ3n) is 6.78. The Balaban J connectivity index is 2.15. The predicted octanol–water partition coefficient (Wildman–Crippen LogP) is 2.55. The van der Waals surface area contributed by atoms with Gasteiger partial charge in [0.25, 0.3) is 20.2 Å². The Bertz CT molecular complexity index is 2650. The van der Waals surface area contributed by atoms with Crippen LogP contribution in [0.25, 0.3) is 0 Å². The van der Waals surface area contributed by atoms with Crippen LogP contribution in [0.5, 0.6) is 0 Å². The Kier molecular flexibility index (Phi) is 14.7. The molecule has 0 amide bonds. The van der Waals surface area contributed by atoms with Crippen LogP contribution in [0.3, 0.4) is 0 Å². The van der Waals surface area contributed by atoms with Crippen molar-refractivity contribution in [2.45, 2.75) is 26.5 Å². The normalized spacial score (nSPS) is 13.2. The van der Waals surface area contributed by atoms with Gasteiger partial charge in [0.2, 0.25) is 0 Å². The van der Waals surface area contributed by atoms with E-state index in [-0.39, 0.29) is 17.9 Å². The van der Waals surface area contributed by atoms with Crippen molar-refractivity contribution in [2.75, 3.05) is 36.2 Å². The van der Waals surface area contributed by atoms with E-state index < -0.39 is 140 Å². The first-order valence-electron chi connectivity index (χ1n) is 14.1. The third-order valence-corrected chi connectivity index (χ3v) is 12.7. The van der Waals surface area contributed by atoms with Gasteiger partial charge in [-0.25, -0.2) is 31.1 Å². The van der Waals surface area contributed by atoms with Gasteiger partial charge >= 0.3 is 16.4 Å². The van der Waals surface area contributed by atoms with Crippen molar-refractivity contribution in [2.24, 2.45) is 20.5 Å². The lowest BCUT2D eigenvalue weighted by molar-refractivity contribution is -0.434. The van der Waals surface area contributed by atoms with Gasteiger partial charge in [-0.3, -0.25) is 17.8 Å². The summed E-state index contributed by atoms with van der Waals surface area (Å²) in [5.74, 6) is -3.74. The number of carboxylic acids is 1. The Hall–Kier alpha value is -4.29. The summed E-state index contributed by atoms with van der Waals surface area (Å²) in [5.41, 5.74) is 6.97. The molecule has 32 heteroatoms. The highest BCUT2D eigenvalue weighted by molar-refractivity contribution is 7.92. The second-order valence-corrected chi connectivity index (χ2v) is 19.0. The summed E-state index contributed by atoms with van der Waals surface area (Å²) in [6.45, 7) is -0.413. The van der Waals surface area contributed by atoms with Crippen LogP contribution in [0, 0.1) is 6.92 Å². The molecular formula is C24H26N6O20S6. The standard InChI is InChI=1S/C24H26N6O20S6/c1-12-20(25)22(29-27-15-4-2-13(10-17(15)54(38,39)40)52(34,35)8-6-47-51-50-49-33)19(24(31)32)23(21(12)26)30-28-16-5-3-14(11-18(16)55(41,42)43)53(36,37)9-7-48-56(44,45)46/h2-5,10-11,33H,6-9,25-26H2,1H3,(H,31,32)(H,38,39,40)(H,41,42,43)(H,44,45,46)/b29-27+,30-28+. The topological polar surface area (TPSA) is 427 Å². The number of carboxylic acid groups (broad SMARTS) is 1. The van der Waals surface area contributed by atoms with Crippen LogP contribution in [-0.4, -0.2) is 96.8 Å². The van der Waals surface area contributed by atoms with E-state index in [0.29, 0.717) is 18.2 Å². The lowest BCUT2D eigenvalue weighted by atomic mass is 10.0. The maximum atomic E-state index is 12.7. The number of azo groups is 2. The van der Waals surface area contributed by atoms with Crippen LogP contribution in [-0.2, 0) is 68.0 Å². The molecule has 0 aliphatic rings. The molecule has 56 heavy (non-hydrogen) atoms. The van der Waals surface area contributed by atoms with Crippen LogP contribution in [0.15, 0.2) is 76.4 Å². The molecule has 0 fully saturated rings. The fraction of sp³-hybridized carbons (Fsp3) is 0.208. The molecule has 0 aromatic heterocycles. The maximum absolute atomic E-state index is 12.7. The fourth-order valence-electron chi connectivity index (χ4n) is 4.15. The number of hydrogen-bond acceptors (Lipinski definition) is 23. The molecule has 3 aromatic carbocycles. The monoisotopic (exact) mass is 910 g/mol. The molecule has 3 rings (SSSR count). The van der Waals surface area contributed by atoms with Crippen LogP contribution in [0.1, 0.15) is 15.9 Å². The molecule has 0 unspecified atom stereocenters. The van der Waals surface area contributed by atoms with Crippen LogP contribution < -0.4 is 11.5 Å². The van der Waals surface area contributed by atoms with Crippen LogP contribution >= 0.6 is 12.3 Å². The number of rotatable bonds is 19. The van der Waals surface area contributed by atoms with Gasteiger partial charge in [0.05, 0.1) is 45.9 Å². The Morgan fingerprint density at radius 2 is 1.14 bits per heavy atom. The second kappa shape index (κ2) is 17.9. The fourth-order valence-corrected chi connectivity index (χ4v) is 8.54. The van der Waals surface area contributed by atoms with Crippen LogP contribution in [0.2, 0.25) is 0 Å². The van der Waals surface area contributed by atoms with Gasteiger partial charge in [-0.15, -0.1) is 24.8 Å². The minimum atomic E-state index is -5.32. The summed E-state index contributed by atoms with van der Waals surface area (Å²) in [5, 5.41) is 36.0. The molecule has 0 atom stereocenters. The van der Waals surface area contributed by atoms with Gasteiger partial charge in [0, 0.05) is 0 Å². The Morgan fingerprint density at radius 1 is 0.714 bits per heavy atom. The molecule has 9 N–H and O–H groups in total. The summed E-state index contributed by atoms with van der Waals surface area (Å²) in [6.07, 6.45) is 0. The number of sulfone groups is 2. The van der Waals surface area contributed by atoms with E-state index in [1.165, 1.54) is 6.92 Å². The average Bonchev–Trinajstić information content (AvgIpc) is 3.07. The van der Waals surface area contributed by atoms with Crippen molar-refractivity contribution in [3.63, 3.8) is 0 Å². The lowest BCUT2D eigenvalue weighted by Crippen LogP contribution is -2.16. The molecule has 308 valence electrons. The van der Waals surface area contributed by atoms with Gasteiger partial charge in [0.1, 0.15) is 38.1 Å². The minimum Gasteiger partial charge on any atom is -0.478 e. The van der Waals surface area contributed by atoms with E-state index in [0.717, 1.165) is 18.2 Å². The maximum Gasteiger partial charge on any atom is 0.397 e. The molecular weight excluding hydrogens is 885 g/mol. The SMILES string of the molecule is Cc1c(N)c(/N=N/c2ccc(S(=O)(=O)CCOSOOO)cc2S(=O)(=O)O)c(C(=O)O)c(/N=N/c2ccc(S(=O)(=O)CCOS(=O)(=O)O)cc2S(=O)(=O)O)c1N. The largest absolute Gasteiger partial charge is 0.478 e. The number of carbonyl (C=O) groups is 1. The molecule has 26 nitrogen and oxygen atoms in total. The second-order valence-electron chi connectivity index (χ2n) is 10.4. The number of hydrogen-bond donors (Lipinski definition) is 7. The van der Waals surface area contributed by atoms with E-state index in [1.807, 2.05) is 0 Å². The number of nitrogen functional groups attached to an aromatic ring is 2. The zero-order valence-corrected chi connectivity index (χ0v) is 32.4. The van der Waals surface area contributed by atoms with Crippen molar-refractivity contribution in [3.05, 3.63) is 47.5 Å². The molecule has 0 aliphatic heterocycles. The molecule has 0 saturated carbocycles. The summed E-state index contributed by atoms with van der Waals surface area (Å²) in [4.78, 5) is 8.74. The lowest BCUT2D eigenvalue weighted by Gasteiger charge is -2.14. The first-order chi connectivity index (χ1) is 25.7. The van der Waals surface area contributed by atoms with Crippen molar-refractivity contribution in [3.8, 4) is 0 Å². The summed E-state index contributed by atoms with van der Waals surface area (Å²) in [6, 6.07) is 4.00. The quantitative estimate of drug-likeness (QED) is 0.0173. The van der Waals surface area contributed by atoms with E-state index >= 15 is 0 Å². The summed E-state index contributed by atoms with van der Waals surface area (Å²) >= 11 is 0.0673. The van der Waals surface area contributed by atoms with Crippen molar-refractivity contribution in [1.82, 2.24) is 0 Å². The number of aromatic carboxylic acids is 1. The predicted molar refractivity (Wildman–Crippen MR) is 188 cm³/mol. The molecule has 0 heterocycles. The first kappa shape index (κ1) is 46.1. The number of nitrogens with zero attached hydrogens (tertiary/aromatic N) is 4. The zero-order valence-electron chi connectivity index (χ0n) is 27.5. The van der Waals surface area contributed by atoms with Gasteiger partial charge in [0.15, 0.2) is 32.0 Å². The Morgan fingerprint density at radius 3 is 1.52 bits per heavy atom. The zero-order chi connectivity index (χ0) is 42.4. The summed E-state index contributed by atoms with van der Waals surface area (Å²) < 4.78 is 162. The number of anilines is 2. The van der Waals surface area contributed by atoms with Crippen molar-refractivity contribution in [1.29, 1.82) is 0 Å². The van der Waals surface area contributed by atoms with E-state index in [1.54, 1.807) is 0 Å².